The van der Waals surface area contributed by atoms with Crippen LogP contribution >= 0.6 is 0 Å². The number of hydrogen-bond donors (Lipinski definition) is 1. The number of aryl methyl sites for hydroxylation is 1. The van der Waals surface area contributed by atoms with Crippen LogP contribution in [0.2, 0.25) is 0 Å². The van der Waals surface area contributed by atoms with E-state index in [1.54, 1.807) is 19.1 Å². The van der Waals surface area contributed by atoms with Crippen molar-refractivity contribution in [1.82, 2.24) is 9.80 Å². The minimum atomic E-state index is -0.934. The molecule has 0 spiro atoms. The van der Waals surface area contributed by atoms with Crippen LogP contribution in [0.5, 0.6) is 5.75 Å². The molecule has 0 aromatic heterocycles. The van der Waals surface area contributed by atoms with E-state index in [0.717, 1.165) is 49.0 Å². The molecule has 0 saturated carbocycles. The second-order valence-electron chi connectivity index (χ2n) is 10.4. The van der Waals surface area contributed by atoms with Gasteiger partial charge in [-0.3, -0.25) is 14.5 Å². The molecule has 2 aromatic carbocycles. The summed E-state index contributed by atoms with van der Waals surface area (Å²) in [6, 6.07) is 10.2. The first kappa shape index (κ1) is 27.1. The molecule has 37 heavy (non-hydrogen) atoms. The molecule has 0 radical (unpaired) electrons. The van der Waals surface area contributed by atoms with Crippen LogP contribution in [0.1, 0.15) is 73.7 Å². The van der Waals surface area contributed by atoms with Crippen molar-refractivity contribution in [2.45, 2.75) is 64.8 Å². The SMILES string of the molecule is CCCCN(CCCC)C(=O)CN1C[C@@H](c2ccc3c(c2)CCO3)[C@H](C(=O)O)[C@H]1c1ccc(C)c(F)c1. The number of ether oxygens (including phenoxy) is 1. The van der Waals surface area contributed by atoms with Gasteiger partial charge in [0.1, 0.15) is 11.6 Å². The Bertz CT molecular complexity index is 1110. The molecule has 4 rings (SSSR count). The van der Waals surface area contributed by atoms with Crippen LogP contribution in [0.15, 0.2) is 36.4 Å². The van der Waals surface area contributed by atoms with Gasteiger partial charge < -0.3 is 14.7 Å². The average molecular weight is 511 g/mol. The number of halogens is 1. The number of hydrogen-bond acceptors (Lipinski definition) is 4. The number of unbranched alkanes of at least 4 members (excludes halogenated alkanes) is 2. The van der Waals surface area contributed by atoms with Gasteiger partial charge in [-0.1, -0.05) is 51.0 Å². The zero-order valence-corrected chi connectivity index (χ0v) is 22.2. The van der Waals surface area contributed by atoms with E-state index in [0.29, 0.717) is 37.4 Å². The monoisotopic (exact) mass is 510 g/mol. The van der Waals surface area contributed by atoms with Gasteiger partial charge in [-0.15, -0.1) is 0 Å². The predicted molar refractivity (Wildman–Crippen MR) is 141 cm³/mol. The van der Waals surface area contributed by atoms with Crippen molar-refractivity contribution in [3.8, 4) is 5.75 Å². The zero-order chi connectivity index (χ0) is 26.5. The number of likely N-dealkylation sites (tertiary alicyclic amines) is 1. The number of aliphatic carboxylic acids is 1. The standard InChI is InChI=1S/C30H39FN2O4/c1-4-6-13-32(14-7-5-2)27(34)19-33-18-24(21-10-11-26-22(16-21)12-15-37-26)28(30(35)36)29(33)23-9-8-20(3)25(31)17-23/h8-11,16-17,24,28-29H,4-7,12-15,18-19H2,1-3H3,(H,35,36)/t24-,28-,29+/m0/s1. The van der Waals surface area contributed by atoms with Gasteiger partial charge in [0.15, 0.2) is 0 Å². The molecular weight excluding hydrogens is 471 g/mol. The van der Waals surface area contributed by atoms with E-state index in [9.17, 15) is 19.1 Å². The highest BCUT2D eigenvalue weighted by molar-refractivity contribution is 5.79. The molecule has 1 saturated heterocycles. The number of nitrogens with zero attached hydrogens (tertiary/aromatic N) is 2. The summed E-state index contributed by atoms with van der Waals surface area (Å²) >= 11 is 0. The van der Waals surface area contributed by atoms with Crippen LogP contribution in [0.25, 0.3) is 0 Å². The predicted octanol–water partition coefficient (Wildman–Crippen LogP) is 5.34. The maximum atomic E-state index is 14.7. The second kappa shape index (κ2) is 12.1. The summed E-state index contributed by atoms with van der Waals surface area (Å²) in [4.78, 5) is 30.2. The highest BCUT2D eigenvalue weighted by Gasteiger charge is 2.48. The Labute approximate surface area is 219 Å². The van der Waals surface area contributed by atoms with Crippen LogP contribution in [0.3, 0.4) is 0 Å². The molecule has 2 aliphatic rings. The number of fused-ring (bicyclic) bond motifs is 1. The summed E-state index contributed by atoms with van der Waals surface area (Å²) < 4.78 is 20.3. The molecule has 1 amide bonds. The smallest absolute Gasteiger partial charge is 0.309 e. The van der Waals surface area contributed by atoms with Gasteiger partial charge in [0, 0.05) is 38.0 Å². The van der Waals surface area contributed by atoms with Crippen molar-refractivity contribution in [3.63, 3.8) is 0 Å². The van der Waals surface area contributed by atoms with Gasteiger partial charge in [-0.2, -0.15) is 0 Å². The lowest BCUT2D eigenvalue weighted by atomic mass is 9.82. The maximum absolute atomic E-state index is 14.7. The quantitative estimate of drug-likeness (QED) is 0.442. The van der Waals surface area contributed by atoms with Gasteiger partial charge in [0.2, 0.25) is 5.91 Å². The minimum absolute atomic E-state index is 0.00613. The number of amides is 1. The maximum Gasteiger partial charge on any atom is 0.309 e. The van der Waals surface area contributed by atoms with Crippen molar-refractivity contribution in [1.29, 1.82) is 0 Å². The normalized spacial score (nSPS) is 21.0. The molecule has 2 aliphatic heterocycles. The average Bonchev–Trinajstić information content (AvgIpc) is 3.50. The van der Waals surface area contributed by atoms with Crippen LogP contribution in [0.4, 0.5) is 4.39 Å². The third-order valence-electron chi connectivity index (χ3n) is 7.82. The molecule has 0 bridgehead atoms. The number of carbonyl (C=O) groups excluding carboxylic acids is 1. The van der Waals surface area contributed by atoms with Gasteiger partial charge in [-0.05, 0) is 54.2 Å². The number of carbonyl (C=O) groups is 2. The summed E-state index contributed by atoms with van der Waals surface area (Å²) in [7, 11) is 0. The summed E-state index contributed by atoms with van der Waals surface area (Å²) in [6.07, 6.45) is 4.65. The van der Waals surface area contributed by atoms with E-state index >= 15 is 0 Å². The minimum Gasteiger partial charge on any atom is -0.493 e. The lowest BCUT2D eigenvalue weighted by Gasteiger charge is -2.30. The molecule has 3 atom stereocenters. The Morgan fingerprint density at radius 1 is 1.08 bits per heavy atom. The topological polar surface area (TPSA) is 70.1 Å². The molecule has 2 heterocycles. The Morgan fingerprint density at radius 2 is 1.78 bits per heavy atom. The van der Waals surface area contributed by atoms with Gasteiger partial charge in [0.05, 0.1) is 19.1 Å². The lowest BCUT2D eigenvalue weighted by molar-refractivity contribution is -0.144. The molecule has 0 aliphatic carbocycles. The first-order chi connectivity index (χ1) is 17.8. The molecule has 6 nitrogen and oxygen atoms in total. The highest BCUT2D eigenvalue weighted by Crippen LogP contribution is 2.47. The first-order valence-corrected chi connectivity index (χ1v) is 13.6. The Hall–Kier alpha value is -2.93. The summed E-state index contributed by atoms with van der Waals surface area (Å²) in [5.41, 5.74) is 3.12. The van der Waals surface area contributed by atoms with E-state index in [4.69, 9.17) is 4.74 Å². The van der Waals surface area contributed by atoms with Crippen LogP contribution in [0, 0.1) is 18.7 Å². The molecule has 1 fully saturated rings. The van der Waals surface area contributed by atoms with Gasteiger partial charge in [-0.25, -0.2) is 4.39 Å². The largest absolute Gasteiger partial charge is 0.493 e. The van der Waals surface area contributed by atoms with Crippen molar-refractivity contribution in [3.05, 3.63) is 64.5 Å². The Balaban J connectivity index is 1.69. The molecule has 1 N–H and O–H groups in total. The van der Waals surface area contributed by atoms with E-state index < -0.39 is 17.9 Å². The summed E-state index contributed by atoms with van der Waals surface area (Å²) in [5.74, 6) is -1.58. The fourth-order valence-electron chi connectivity index (χ4n) is 5.69. The Morgan fingerprint density at radius 3 is 2.43 bits per heavy atom. The van der Waals surface area contributed by atoms with Crippen molar-refractivity contribution < 1.29 is 23.8 Å². The van der Waals surface area contributed by atoms with Gasteiger partial charge in [0.25, 0.3) is 0 Å². The molecule has 7 heteroatoms. The van der Waals surface area contributed by atoms with E-state index in [1.807, 2.05) is 21.9 Å². The molecule has 2 aromatic rings. The molecule has 0 unspecified atom stereocenters. The lowest BCUT2D eigenvalue weighted by Crippen LogP contribution is -2.42. The van der Waals surface area contributed by atoms with Crippen molar-refractivity contribution in [2.24, 2.45) is 5.92 Å². The Kier molecular flexibility index (Phi) is 8.85. The number of carboxylic acid groups (broad SMARTS) is 1. The van der Waals surface area contributed by atoms with Crippen LogP contribution < -0.4 is 4.74 Å². The van der Waals surface area contributed by atoms with E-state index in [1.165, 1.54) is 6.07 Å². The second-order valence-corrected chi connectivity index (χ2v) is 10.4. The molecular formula is C30H39FN2O4. The van der Waals surface area contributed by atoms with Crippen LogP contribution in [-0.2, 0) is 16.0 Å². The van der Waals surface area contributed by atoms with E-state index in [2.05, 4.69) is 19.9 Å². The van der Waals surface area contributed by atoms with Crippen molar-refractivity contribution >= 4 is 11.9 Å². The van der Waals surface area contributed by atoms with Gasteiger partial charge >= 0.3 is 5.97 Å². The third kappa shape index (κ3) is 5.98. The zero-order valence-electron chi connectivity index (χ0n) is 22.2. The van der Waals surface area contributed by atoms with Crippen LogP contribution in [-0.4, -0.2) is 59.6 Å². The molecule has 200 valence electrons. The third-order valence-corrected chi connectivity index (χ3v) is 7.82. The highest BCUT2D eigenvalue weighted by atomic mass is 19.1. The summed E-state index contributed by atoms with van der Waals surface area (Å²) in [5, 5.41) is 10.4. The summed E-state index contributed by atoms with van der Waals surface area (Å²) in [6.45, 7) is 8.46. The number of carboxylic acids is 1. The first-order valence-electron chi connectivity index (χ1n) is 13.6. The van der Waals surface area contributed by atoms with E-state index in [-0.39, 0.29) is 24.2 Å². The fourth-order valence-corrected chi connectivity index (χ4v) is 5.69. The number of benzene rings is 2. The number of rotatable bonds is 11. The fraction of sp³-hybridized carbons (Fsp3) is 0.533. The van der Waals surface area contributed by atoms with Crippen molar-refractivity contribution in [2.75, 3.05) is 32.8 Å².